The molecule has 2 saturated carbocycles. The van der Waals surface area contributed by atoms with Crippen molar-refractivity contribution in [3.05, 3.63) is 27.3 Å². The number of fused-ring (bicyclic) bond motifs is 1. The fourth-order valence-electron chi connectivity index (χ4n) is 7.81. The molecule has 0 amide bonds. The molecule has 1 heterocycles. The smallest absolute Gasteiger partial charge is 0.342 e. The predicted octanol–water partition coefficient (Wildman–Crippen LogP) is 6.73. The quantitative estimate of drug-likeness (QED) is 0.342. The molecule has 7 atom stereocenters. The van der Waals surface area contributed by atoms with Crippen LogP contribution in [-0.4, -0.2) is 28.4 Å². The molecule has 3 rings (SSSR count). The van der Waals surface area contributed by atoms with Crippen LogP contribution in [0.15, 0.2) is 9.21 Å². The summed E-state index contributed by atoms with van der Waals surface area (Å²) in [4.78, 5) is 25.8. The van der Waals surface area contributed by atoms with Gasteiger partial charge in [0, 0.05) is 11.0 Å². The number of aliphatic hydroxyl groups is 1. The van der Waals surface area contributed by atoms with Gasteiger partial charge in [-0.25, -0.2) is 9.59 Å². The summed E-state index contributed by atoms with van der Waals surface area (Å²) < 4.78 is 11.6. The first-order valence-corrected chi connectivity index (χ1v) is 14.8. The largest absolute Gasteiger partial charge is 0.507 e. The SMILES string of the molecule is Cc1oc(=O)c(C[C@@H]2[C@H](C)CC[C@H]3[C@](C)(CCCC(C)C)[C@@H](OC(=O)[C@H](O)C(C)C)CC[C@@]32C)c(O)c1C. The van der Waals surface area contributed by atoms with Crippen LogP contribution in [0.25, 0.3) is 0 Å². The summed E-state index contributed by atoms with van der Waals surface area (Å²) in [6, 6.07) is 0. The standard InChI is InChI=1S/C32H52O6/c1-18(2)11-10-15-32(9)25-13-12-20(5)24(17-23-28(34)21(6)22(7)37-29(23)35)31(25,8)16-14-26(32)38-30(36)27(33)19(3)4/h18-20,24-27,33-34H,10-17H2,1-9H3/t20-,24-,25-,26+,27-,31-,32+/m1/s1. The Morgan fingerprint density at radius 1 is 1.13 bits per heavy atom. The summed E-state index contributed by atoms with van der Waals surface area (Å²) >= 11 is 0. The highest BCUT2D eigenvalue weighted by Crippen LogP contribution is 2.63. The van der Waals surface area contributed by atoms with Crippen molar-refractivity contribution in [3.8, 4) is 5.75 Å². The molecule has 6 heteroatoms. The van der Waals surface area contributed by atoms with Gasteiger partial charge in [0.05, 0.1) is 5.56 Å². The van der Waals surface area contributed by atoms with Crippen molar-refractivity contribution in [2.45, 2.75) is 126 Å². The molecule has 2 aliphatic rings. The third kappa shape index (κ3) is 5.85. The van der Waals surface area contributed by atoms with E-state index in [2.05, 4.69) is 34.6 Å². The van der Waals surface area contributed by atoms with Crippen LogP contribution in [0.4, 0.5) is 0 Å². The molecule has 0 radical (unpaired) electrons. The maximum atomic E-state index is 12.9. The lowest BCUT2D eigenvalue weighted by molar-refractivity contribution is -0.197. The van der Waals surface area contributed by atoms with Crippen molar-refractivity contribution in [1.29, 1.82) is 0 Å². The van der Waals surface area contributed by atoms with E-state index in [0.29, 0.717) is 41.1 Å². The van der Waals surface area contributed by atoms with Gasteiger partial charge in [0.15, 0.2) is 6.10 Å². The zero-order valence-electron chi connectivity index (χ0n) is 25.2. The number of hydrogen-bond donors (Lipinski definition) is 2. The third-order valence-corrected chi connectivity index (χ3v) is 10.4. The molecule has 2 N–H and O–H groups in total. The van der Waals surface area contributed by atoms with Crippen molar-refractivity contribution in [1.82, 2.24) is 0 Å². The van der Waals surface area contributed by atoms with Crippen LogP contribution in [0.2, 0.25) is 0 Å². The molecule has 0 aromatic carbocycles. The summed E-state index contributed by atoms with van der Waals surface area (Å²) in [5.74, 6) is 1.30. The first-order chi connectivity index (χ1) is 17.6. The molecule has 1 aromatic heterocycles. The second-order valence-electron chi connectivity index (χ2n) is 13.8. The van der Waals surface area contributed by atoms with Crippen LogP contribution in [0, 0.1) is 54.3 Å². The minimum Gasteiger partial charge on any atom is -0.507 e. The van der Waals surface area contributed by atoms with E-state index in [0.717, 1.165) is 44.9 Å². The van der Waals surface area contributed by atoms with Gasteiger partial charge in [0.2, 0.25) is 0 Å². The number of aryl methyl sites for hydroxylation is 1. The summed E-state index contributed by atoms with van der Waals surface area (Å²) in [5.41, 5.74) is 0.266. The van der Waals surface area contributed by atoms with E-state index in [1.54, 1.807) is 13.8 Å². The van der Waals surface area contributed by atoms with Crippen molar-refractivity contribution < 1.29 is 24.2 Å². The number of aliphatic hydroxyl groups excluding tert-OH is 1. The topological polar surface area (TPSA) is 97.0 Å². The van der Waals surface area contributed by atoms with Crippen LogP contribution in [-0.2, 0) is 16.0 Å². The Morgan fingerprint density at radius 2 is 1.79 bits per heavy atom. The minimum absolute atomic E-state index is 0.0710. The number of esters is 1. The van der Waals surface area contributed by atoms with E-state index in [-0.39, 0.29) is 34.5 Å². The van der Waals surface area contributed by atoms with Crippen molar-refractivity contribution >= 4 is 5.97 Å². The minimum atomic E-state index is -1.12. The van der Waals surface area contributed by atoms with Crippen LogP contribution in [0.1, 0.15) is 110 Å². The van der Waals surface area contributed by atoms with Crippen LogP contribution in [0.5, 0.6) is 5.75 Å². The summed E-state index contributed by atoms with van der Waals surface area (Å²) in [6.45, 7) is 18.6. The molecule has 0 saturated heterocycles. The zero-order chi connectivity index (χ0) is 28.6. The molecule has 0 spiro atoms. The molecule has 0 unspecified atom stereocenters. The Labute approximate surface area is 229 Å². The fraction of sp³-hybridized carbons (Fsp3) is 0.812. The van der Waals surface area contributed by atoms with E-state index < -0.39 is 17.7 Å². The van der Waals surface area contributed by atoms with Gasteiger partial charge in [-0.1, -0.05) is 67.7 Å². The summed E-state index contributed by atoms with van der Waals surface area (Å²) in [6.07, 6.45) is 5.93. The van der Waals surface area contributed by atoms with Crippen LogP contribution < -0.4 is 5.63 Å². The molecular weight excluding hydrogens is 480 g/mol. The second kappa shape index (κ2) is 11.7. The molecule has 1 aromatic rings. The Hall–Kier alpha value is -1.82. The molecule has 0 bridgehead atoms. The molecule has 2 aliphatic carbocycles. The number of hydrogen-bond acceptors (Lipinski definition) is 6. The maximum Gasteiger partial charge on any atom is 0.342 e. The number of aromatic hydroxyl groups is 1. The number of rotatable bonds is 9. The summed E-state index contributed by atoms with van der Waals surface area (Å²) in [7, 11) is 0. The van der Waals surface area contributed by atoms with E-state index in [1.807, 2.05) is 13.8 Å². The van der Waals surface area contributed by atoms with Gasteiger partial charge in [0.1, 0.15) is 17.6 Å². The van der Waals surface area contributed by atoms with Crippen molar-refractivity contribution in [2.75, 3.05) is 0 Å². The van der Waals surface area contributed by atoms with Gasteiger partial charge in [-0.05, 0) is 81.0 Å². The van der Waals surface area contributed by atoms with E-state index in [4.69, 9.17) is 9.15 Å². The Kier molecular flexibility index (Phi) is 9.49. The zero-order valence-corrected chi connectivity index (χ0v) is 25.2. The van der Waals surface area contributed by atoms with Crippen LogP contribution in [0.3, 0.4) is 0 Å². The van der Waals surface area contributed by atoms with Gasteiger partial charge in [-0.3, -0.25) is 0 Å². The second-order valence-corrected chi connectivity index (χ2v) is 13.8. The average Bonchev–Trinajstić information content (AvgIpc) is 2.82. The van der Waals surface area contributed by atoms with Gasteiger partial charge >= 0.3 is 11.6 Å². The van der Waals surface area contributed by atoms with Gasteiger partial charge in [-0.2, -0.15) is 0 Å². The lowest BCUT2D eigenvalue weighted by Crippen LogP contribution is -2.58. The Balaban J connectivity index is 1.99. The van der Waals surface area contributed by atoms with Gasteiger partial charge in [0.25, 0.3) is 0 Å². The molecular formula is C32H52O6. The normalized spacial score (nSPS) is 32.3. The van der Waals surface area contributed by atoms with Gasteiger partial charge in [-0.15, -0.1) is 0 Å². The van der Waals surface area contributed by atoms with Gasteiger partial charge < -0.3 is 19.4 Å². The molecule has 38 heavy (non-hydrogen) atoms. The fourth-order valence-corrected chi connectivity index (χ4v) is 7.81. The first-order valence-electron chi connectivity index (χ1n) is 14.8. The van der Waals surface area contributed by atoms with E-state index >= 15 is 0 Å². The maximum absolute atomic E-state index is 12.9. The van der Waals surface area contributed by atoms with Crippen molar-refractivity contribution in [2.24, 2.45) is 40.4 Å². The molecule has 6 nitrogen and oxygen atoms in total. The summed E-state index contributed by atoms with van der Waals surface area (Å²) in [5, 5.41) is 21.3. The molecule has 2 fully saturated rings. The van der Waals surface area contributed by atoms with E-state index in [9.17, 15) is 19.8 Å². The lowest BCUT2D eigenvalue weighted by atomic mass is 9.44. The first kappa shape index (κ1) is 30.7. The molecule has 216 valence electrons. The lowest BCUT2D eigenvalue weighted by Gasteiger charge is -2.62. The highest BCUT2D eigenvalue weighted by molar-refractivity contribution is 5.74. The monoisotopic (exact) mass is 532 g/mol. The average molecular weight is 533 g/mol. The Bertz CT molecular complexity index is 1040. The van der Waals surface area contributed by atoms with Crippen LogP contribution >= 0.6 is 0 Å². The highest BCUT2D eigenvalue weighted by atomic mass is 16.6. The number of ether oxygens (including phenoxy) is 1. The number of carbonyl (C=O) groups is 1. The highest BCUT2D eigenvalue weighted by Gasteiger charge is 2.59. The number of carbonyl (C=O) groups excluding carboxylic acids is 1. The molecule has 0 aliphatic heterocycles. The predicted molar refractivity (Wildman–Crippen MR) is 150 cm³/mol. The Morgan fingerprint density at radius 3 is 2.39 bits per heavy atom. The van der Waals surface area contributed by atoms with Crippen molar-refractivity contribution in [3.63, 3.8) is 0 Å². The third-order valence-electron chi connectivity index (χ3n) is 10.4. The van der Waals surface area contributed by atoms with E-state index in [1.165, 1.54) is 0 Å².